The fraction of sp³-hybridized carbons (Fsp3) is 0.632. The fourth-order valence-electron chi connectivity index (χ4n) is 4.09. The first kappa shape index (κ1) is 18.3. The van der Waals surface area contributed by atoms with Gasteiger partial charge in [0.2, 0.25) is 5.91 Å². The Morgan fingerprint density at radius 2 is 1.84 bits per heavy atom. The van der Waals surface area contributed by atoms with E-state index in [-0.39, 0.29) is 30.4 Å². The average Bonchev–Trinajstić information content (AvgIpc) is 2.84. The molecule has 1 amide bonds. The van der Waals surface area contributed by atoms with E-state index in [1.54, 1.807) is 4.90 Å². The third-order valence-corrected chi connectivity index (χ3v) is 5.50. The number of halogens is 2. The lowest BCUT2D eigenvalue weighted by molar-refractivity contribution is -0.128. The molecule has 1 aromatic rings. The summed E-state index contributed by atoms with van der Waals surface area (Å²) in [4.78, 5) is 16.5. The lowest BCUT2D eigenvalue weighted by Crippen LogP contribution is -2.43. The molecule has 0 bridgehead atoms. The summed E-state index contributed by atoms with van der Waals surface area (Å²) >= 11 is 0. The number of aliphatic hydroxyl groups excluding tert-OH is 1. The predicted octanol–water partition coefficient (Wildman–Crippen LogP) is 2.41. The average molecular weight is 352 g/mol. The molecule has 0 aliphatic carbocycles. The molecule has 4 nitrogen and oxygen atoms in total. The number of carbonyl (C=O) groups is 1. The van der Waals surface area contributed by atoms with Crippen molar-refractivity contribution in [3.8, 4) is 0 Å². The monoisotopic (exact) mass is 352 g/mol. The maximum atomic E-state index is 13.4. The van der Waals surface area contributed by atoms with Crippen molar-refractivity contribution < 1.29 is 18.7 Å². The van der Waals surface area contributed by atoms with Gasteiger partial charge in [0.05, 0.1) is 0 Å². The van der Waals surface area contributed by atoms with Gasteiger partial charge in [0.25, 0.3) is 0 Å². The zero-order valence-corrected chi connectivity index (χ0v) is 14.7. The van der Waals surface area contributed by atoms with Gasteiger partial charge >= 0.3 is 0 Å². The molecule has 0 aromatic heterocycles. The van der Waals surface area contributed by atoms with E-state index in [2.05, 4.69) is 4.90 Å². The molecule has 1 aromatic carbocycles. The highest BCUT2D eigenvalue weighted by Gasteiger charge is 2.44. The van der Waals surface area contributed by atoms with Crippen molar-refractivity contribution in [2.24, 2.45) is 11.3 Å². The van der Waals surface area contributed by atoms with Crippen LogP contribution in [0.4, 0.5) is 8.78 Å². The molecule has 1 N–H and O–H groups in total. The molecule has 3 rings (SSSR count). The summed E-state index contributed by atoms with van der Waals surface area (Å²) in [5, 5.41) is 9.19. The van der Waals surface area contributed by atoms with Crippen LogP contribution >= 0.6 is 0 Å². The normalized spacial score (nSPS) is 21.9. The molecule has 0 saturated carbocycles. The van der Waals surface area contributed by atoms with Crippen LogP contribution < -0.4 is 0 Å². The van der Waals surface area contributed by atoms with Crippen LogP contribution in [0.5, 0.6) is 0 Å². The van der Waals surface area contributed by atoms with Crippen molar-refractivity contribution in [2.75, 3.05) is 32.8 Å². The first-order valence-electron chi connectivity index (χ1n) is 8.95. The van der Waals surface area contributed by atoms with Crippen molar-refractivity contribution in [3.05, 3.63) is 35.4 Å². The summed E-state index contributed by atoms with van der Waals surface area (Å²) < 4.78 is 26.7. The van der Waals surface area contributed by atoms with Gasteiger partial charge < -0.3 is 14.9 Å². The van der Waals surface area contributed by atoms with E-state index in [4.69, 9.17) is 0 Å². The Morgan fingerprint density at radius 1 is 1.20 bits per heavy atom. The highest BCUT2D eigenvalue weighted by molar-refractivity contribution is 5.79. The summed E-state index contributed by atoms with van der Waals surface area (Å²) in [6, 6.07) is 3.43. The Labute approximate surface area is 147 Å². The van der Waals surface area contributed by atoms with Gasteiger partial charge in [-0.1, -0.05) is 6.92 Å². The van der Waals surface area contributed by atoms with E-state index in [9.17, 15) is 18.7 Å². The second kappa shape index (κ2) is 7.38. The minimum absolute atomic E-state index is 0.0120. The van der Waals surface area contributed by atoms with Crippen molar-refractivity contribution >= 4 is 5.91 Å². The van der Waals surface area contributed by atoms with Gasteiger partial charge in [-0.3, -0.25) is 4.79 Å². The quantitative estimate of drug-likeness (QED) is 0.885. The zero-order chi connectivity index (χ0) is 18.0. The summed E-state index contributed by atoms with van der Waals surface area (Å²) in [7, 11) is 0. The lowest BCUT2D eigenvalue weighted by atomic mass is 9.77. The number of piperidine rings is 1. The second-order valence-corrected chi connectivity index (χ2v) is 7.79. The Hall–Kier alpha value is -1.53. The summed E-state index contributed by atoms with van der Waals surface area (Å²) in [5.74, 6) is -0.884. The zero-order valence-electron chi connectivity index (χ0n) is 14.7. The summed E-state index contributed by atoms with van der Waals surface area (Å²) in [6.07, 6.45) is 2.42. The third kappa shape index (κ3) is 4.36. The van der Waals surface area contributed by atoms with Gasteiger partial charge in [-0.05, 0) is 55.0 Å². The van der Waals surface area contributed by atoms with E-state index >= 15 is 0 Å². The maximum Gasteiger partial charge on any atom is 0.223 e. The Bertz CT molecular complexity index is 610. The van der Waals surface area contributed by atoms with E-state index in [0.29, 0.717) is 18.5 Å². The summed E-state index contributed by atoms with van der Waals surface area (Å²) in [5.41, 5.74) is 0.485. The molecular formula is C19H26F2N2O2. The number of benzene rings is 1. The van der Waals surface area contributed by atoms with Crippen molar-refractivity contribution in [2.45, 2.75) is 32.7 Å². The van der Waals surface area contributed by atoms with Crippen molar-refractivity contribution in [1.29, 1.82) is 0 Å². The Morgan fingerprint density at radius 3 is 2.44 bits per heavy atom. The smallest absolute Gasteiger partial charge is 0.223 e. The van der Waals surface area contributed by atoms with E-state index < -0.39 is 11.6 Å². The van der Waals surface area contributed by atoms with Gasteiger partial charge in [-0.25, -0.2) is 8.78 Å². The van der Waals surface area contributed by atoms with E-state index in [1.807, 2.05) is 6.92 Å². The molecule has 0 unspecified atom stereocenters. The van der Waals surface area contributed by atoms with Gasteiger partial charge in [0.1, 0.15) is 11.6 Å². The molecule has 1 atom stereocenters. The maximum absolute atomic E-state index is 13.4. The molecule has 2 heterocycles. The topological polar surface area (TPSA) is 43.8 Å². The van der Waals surface area contributed by atoms with Crippen LogP contribution in [0.1, 0.15) is 31.7 Å². The van der Waals surface area contributed by atoms with E-state index in [0.717, 1.165) is 38.5 Å². The van der Waals surface area contributed by atoms with Crippen LogP contribution in [0.3, 0.4) is 0 Å². The largest absolute Gasteiger partial charge is 0.396 e. The van der Waals surface area contributed by atoms with Crippen LogP contribution in [-0.2, 0) is 11.3 Å². The number of rotatable bonds is 5. The van der Waals surface area contributed by atoms with Crippen LogP contribution in [0.25, 0.3) is 0 Å². The molecule has 2 fully saturated rings. The standard InChI is InChI=1S/C19H26F2N2O2/c1-14(12-24)10-22-4-2-19(3-5-22)9-18(25)23(13-19)11-15-6-16(20)8-17(21)7-15/h6-8,14,24H,2-5,9-13H2,1H3/t14-/m0/s1. The Balaban J connectivity index is 1.59. The third-order valence-electron chi connectivity index (χ3n) is 5.50. The SMILES string of the molecule is C[C@H](CO)CN1CCC2(CC1)CC(=O)N(Cc1cc(F)cc(F)c1)C2. The number of aliphatic hydroxyl groups is 1. The van der Waals surface area contributed by atoms with Crippen molar-refractivity contribution in [3.63, 3.8) is 0 Å². The number of carbonyl (C=O) groups excluding carboxylic acids is 1. The first-order chi connectivity index (χ1) is 11.9. The first-order valence-corrected chi connectivity index (χ1v) is 8.95. The minimum Gasteiger partial charge on any atom is -0.396 e. The van der Waals surface area contributed by atoms with Gasteiger partial charge in [0, 0.05) is 38.7 Å². The lowest BCUT2D eigenvalue weighted by Gasteiger charge is -2.39. The predicted molar refractivity (Wildman–Crippen MR) is 90.7 cm³/mol. The molecule has 0 radical (unpaired) electrons. The number of hydrogen-bond acceptors (Lipinski definition) is 3. The van der Waals surface area contributed by atoms with Crippen LogP contribution in [0.15, 0.2) is 18.2 Å². The molecule has 138 valence electrons. The highest BCUT2D eigenvalue weighted by Crippen LogP contribution is 2.41. The van der Waals surface area contributed by atoms with Crippen LogP contribution in [-0.4, -0.2) is 53.6 Å². The molecule has 25 heavy (non-hydrogen) atoms. The van der Waals surface area contributed by atoms with Gasteiger partial charge in [0.15, 0.2) is 0 Å². The number of hydrogen-bond donors (Lipinski definition) is 1. The molecular weight excluding hydrogens is 326 g/mol. The highest BCUT2D eigenvalue weighted by atomic mass is 19.1. The number of amides is 1. The molecule has 2 aliphatic heterocycles. The fourth-order valence-corrected chi connectivity index (χ4v) is 4.09. The minimum atomic E-state index is -0.609. The molecule has 2 aliphatic rings. The Kier molecular flexibility index (Phi) is 5.39. The van der Waals surface area contributed by atoms with Gasteiger partial charge in [-0.15, -0.1) is 0 Å². The summed E-state index contributed by atoms with van der Waals surface area (Å²) in [6.45, 7) is 5.89. The van der Waals surface area contributed by atoms with Crippen molar-refractivity contribution in [1.82, 2.24) is 9.80 Å². The van der Waals surface area contributed by atoms with Crippen LogP contribution in [0, 0.1) is 23.0 Å². The second-order valence-electron chi connectivity index (χ2n) is 7.79. The van der Waals surface area contributed by atoms with Crippen LogP contribution in [0.2, 0.25) is 0 Å². The molecule has 1 spiro atoms. The number of likely N-dealkylation sites (tertiary alicyclic amines) is 2. The van der Waals surface area contributed by atoms with Gasteiger partial charge in [-0.2, -0.15) is 0 Å². The molecule has 6 heteroatoms. The van der Waals surface area contributed by atoms with E-state index in [1.165, 1.54) is 12.1 Å². The molecule has 2 saturated heterocycles. The number of nitrogens with zero attached hydrogens (tertiary/aromatic N) is 2.